The van der Waals surface area contributed by atoms with Gasteiger partial charge in [0.2, 0.25) is 0 Å². The first kappa shape index (κ1) is 31.0. The molecule has 8 aromatic carbocycles. The average molecular weight is 708 g/mol. The Labute approximate surface area is 327 Å². The van der Waals surface area contributed by atoms with Crippen LogP contribution in [0.4, 0.5) is 17.1 Å². The predicted octanol–water partition coefficient (Wildman–Crippen LogP) is 14.8. The number of benzene rings is 8. The van der Waals surface area contributed by atoms with Gasteiger partial charge in [-0.25, -0.2) is 0 Å². The summed E-state index contributed by atoms with van der Waals surface area (Å²) in [6, 6.07) is 63.0. The number of anilines is 3. The van der Waals surface area contributed by atoms with Crippen LogP contribution < -0.4 is 4.90 Å². The Morgan fingerprint density at radius 1 is 0.382 bits per heavy atom. The first-order valence-corrected chi connectivity index (χ1v) is 19.3. The molecule has 0 aliphatic heterocycles. The summed E-state index contributed by atoms with van der Waals surface area (Å²) in [7, 11) is 0. The highest BCUT2D eigenvalue weighted by molar-refractivity contribution is 5.90. The van der Waals surface area contributed by atoms with Crippen molar-refractivity contribution >= 4 is 39.9 Å². The Morgan fingerprint density at radius 2 is 0.818 bits per heavy atom. The zero-order valence-corrected chi connectivity index (χ0v) is 31.7. The van der Waals surface area contributed by atoms with Crippen LogP contribution in [0.25, 0.3) is 56.3 Å². The molecule has 0 fully saturated rings. The summed E-state index contributed by atoms with van der Waals surface area (Å²) in [5.41, 5.74) is 16.5. The number of hydrogen-bond acceptors (Lipinski definition) is 1. The van der Waals surface area contributed by atoms with Crippen LogP contribution in [0, 0.1) is 0 Å². The molecular weight excluding hydrogens is 663 g/mol. The van der Waals surface area contributed by atoms with Gasteiger partial charge in [-0.1, -0.05) is 167 Å². The van der Waals surface area contributed by atoms with E-state index in [0.29, 0.717) is 0 Å². The molecule has 0 saturated heterocycles. The summed E-state index contributed by atoms with van der Waals surface area (Å²) in [5.74, 6) is 0. The molecular formula is C54H43N. The van der Waals surface area contributed by atoms with E-state index in [0.717, 1.165) is 28.2 Å². The van der Waals surface area contributed by atoms with Gasteiger partial charge in [-0.3, -0.25) is 0 Å². The topological polar surface area (TPSA) is 3.24 Å². The molecule has 0 aromatic heterocycles. The summed E-state index contributed by atoms with van der Waals surface area (Å²) in [6.07, 6.45) is 0. The van der Waals surface area contributed by atoms with E-state index in [4.69, 9.17) is 0 Å². The number of fused-ring (bicyclic) bond motifs is 7. The van der Waals surface area contributed by atoms with E-state index in [1.807, 2.05) is 12.1 Å². The molecule has 8 aromatic rings. The van der Waals surface area contributed by atoms with Crippen LogP contribution in [0.1, 0.15) is 63.8 Å². The molecule has 0 bridgehead atoms. The van der Waals surface area contributed by atoms with E-state index in [1.54, 1.807) is 0 Å². The monoisotopic (exact) mass is 707 g/mol. The first-order valence-electron chi connectivity index (χ1n) is 20.3. The highest BCUT2D eigenvalue weighted by Crippen LogP contribution is 2.52. The summed E-state index contributed by atoms with van der Waals surface area (Å²) >= 11 is 0. The van der Waals surface area contributed by atoms with Gasteiger partial charge in [0.25, 0.3) is 0 Å². The van der Waals surface area contributed by atoms with Gasteiger partial charge >= 0.3 is 0 Å². The summed E-state index contributed by atoms with van der Waals surface area (Å²) < 4.78 is 18.8. The Balaban J connectivity index is 0.976. The molecule has 0 saturated carbocycles. The molecule has 0 N–H and O–H groups in total. The Bertz CT molecular complexity index is 2880. The number of rotatable bonds is 6. The average Bonchev–Trinajstić information content (AvgIpc) is 3.61. The van der Waals surface area contributed by atoms with E-state index in [1.165, 1.54) is 66.4 Å². The van der Waals surface area contributed by atoms with Crippen molar-refractivity contribution in [2.45, 2.75) is 38.5 Å². The first-order chi connectivity index (χ1) is 27.6. The third kappa shape index (κ3) is 5.45. The van der Waals surface area contributed by atoms with Gasteiger partial charge in [0.05, 0.1) is 2.74 Å². The second-order valence-electron chi connectivity index (χ2n) is 16.1. The zero-order chi connectivity index (χ0) is 39.1. The predicted molar refractivity (Wildman–Crippen MR) is 235 cm³/mol. The van der Waals surface area contributed by atoms with Crippen molar-refractivity contribution in [2.75, 3.05) is 4.90 Å². The van der Waals surface area contributed by atoms with Crippen molar-refractivity contribution in [1.82, 2.24) is 0 Å². The number of hydrogen-bond donors (Lipinski definition) is 0. The fraction of sp³-hybridized carbons (Fsp3) is 0.111. The Morgan fingerprint density at radius 3 is 1.40 bits per heavy atom. The van der Waals surface area contributed by atoms with Gasteiger partial charge in [-0.05, 0) is 126 Å². The fourth-order valence-corrected chi connectivity index (χ4v) is 9.05. The van der Waals surface area contributed by atoms with Gasteiger partial charge in [0.1, 0.15) is 0 Å². The Hall–Kier alpha value is -6.44. The molecule has 2 aliphatic carbocycles. The molecule has 2 aliphatic rings. The van der Waals surface area contributed by atoms with Crippen LogP contribution in [-0.4, -0.2) is 0 Å². The molecule has 264 valence electrons. The molecule has 0 spiro atoms. The molecule has 0 radical (unpaired) electrons. The van der Waals surface area contributed by atoms with E-state index in [9.17, 15) is 2.74 Å². The lowest BCUT2D eigenvalue weighted by atomic mass is 9.81. The van der Waals surface area contributed by atoms with Gasteiger partial charge in [0, 0.05) is 27.9 Å². The van der Waals surface area contributed by atoms with Crippen molar-refractivity contribution in [1.29, 1.82) is 0 Å². The second-order valence-corrected chi connectivity index (χ2v) is 16.1. The normalized spacial score (nSPS) is 15.3. The number of para-hydroxylation sites is 2. The van der Waals surface area contributed by atoms with E-state index >= 15 is 0 Å². The second kappa shape index (κ2) is 12.6. The van der Waals surface area contributed by atoms with Gasteiger partial charge < -0.3 is 4.90 Å². The smallest absolute Gasteiger partial charge is 0.0629 e. The molecule has 0 unspecified atom stereocenters. The van der Waals surface area contributed by atoms with Crippen molar-refractivity contribution in [3.63, 3.8) is 0 Å². The van der Waals surface area contributed by atoms with Crippen LogP contribution in [-0.2, 0) is 10.8 Å². The summed E-state index contributed by atoms with van der Waals surface area (Å²) in [5, 5.41) is 2.48. The zero-order valence-electron chi connectivity index (χ0n) is 33.7. The minimum Gasteiger partial charge on any atom is -0.310 e. The lowest BCUT2D eigenvalue weighted by Gasteiger charge is -2.28. The SMILES string of the molecule is [2H]/C(=C(/[2H])c1ccc2c(c1)C(C)(C)c1cc(N(c3ccccc3)c3ccccc3)ccc1-2)c1ccc2c(c1)C(C)(C)c1cc(-c3ccc4ccccc4c3)ccc1-2. The van der Waals surface area contributed by atoms with Gasteiger partial charge in [-0.15, -0.1) is 0 Å². The standard InChI is InChI=1S/C54H43N/c1-53(2)49-31-36(21-27-45(49)47-29-25-41(34-51(47)53)40-24-23-38-13-11-12-14-39(38)33-40)19-20-37-22-28-46-48-30-26-44(35-52(48)54(3,4)50(46)32-37)55(42-15-7-5-8-16-42)43-17-9-6-10-18-43/h5-35H,1-4H3/b20-19+/i19D,20D. The lowest BCUT2D eigenvalue weighted by Crippen LogP contribution is -2.16. The van der Waals surface area contributed by atoms with Crippen LogP contribution in [0.3, 0.4) is 0 Å². The third-order valence-electron chi connectivity index (χ3n) is 12.1. The molecule has 1 nitrogen and oxygen atoms in total. The largest absolute Gasteiger partial charge is 0.310 e. The highest BCUT2D eigenvalue weighted by atomic mass is 15.1. The van der Waals surface area contributed by atoms with Crippen LogP contribution in [0.15, 0.2) is 176 Å². The summed E-state index contributed by atoms with van der Waals surface area (Å²) in [6.45, 7) is 9.12. The highest BCUT2D eigenvalue weighted by Gasteiger charge is 2.37. The fourth-order valence-electron chi connectivity index (χ4n) is 9.05. The molecule has 1 heteroatoms. The van der Waals surface area contributed by atoms with Crippen LogP contribution >= 0.6 is 0 Å². The molecule has 0 heterocycles. The lowest BCUT2D eigenvalue weighted by molar-refractivity contribution is 0.660. The van der Waals surface area contributed by atoms with Crippen molar-refractivity contribution in [3.8, 4) is 33.4 Å². The minimum absolute atomic E-state index is 0.233. The van der Waals surface area contributed by atoms with E-state index < -0.39 is 0 Å². The molecule has 0 amide bonds. The van der Waals surface area contributed by atoms with E-state index in [-0.39, 0.29) is 22.9 Å². The van der Waals surface area contributed by atoms with E-state index in [2.05, 4.69) is 196 Å². The van der Waals surface area contributed by atoms with Crippen molar-refractivity contribution < 1.29 is 2.74 Å². The maximum atomic E-state index is 9.38. The van der Waals surface area contributed by atoms with Gasteiger partial charge in [-0.2, -0.15) is 0 Å². The third-order valence-corrected chi connectivity index (χ3v) is 12.1. The Kier molecular flexibility index (Phi) is 7.08. The van der Waals surface area contributed by atoms with Crippen molar-refractivity contribution in [3.05, 3.63) is 209 Å². The van der Waals surface area contributed by atoms with Crippen LogP contribution in [0.2, 0.25) is 0 Å². The quantitative estimate of drug-likeness (QED) is 0.156. The molecule has 55 heavy (non-hydrogen) atoms. The van der Waals surface area contributed by atoms with Gasteiger partial charge in [0.15, 0.2) is 0 Å². The maximum absolute atomic E-state index is 9.38. The number of nitrogens with zero attached hydrogens (tertiary/aromatic N) is 1. The maximum Gasteiger partial charge on any atom is 0.0629 e. The van der Waals surface area contributed by atoms with Crippen molar-refractivity contribution in [2.24, 2.45) is 0 Å². The summed E-state index contributed by atoms with van der Waals surface area (Å²) in [4.78, 5) is 2.31. The minimum atomic E-state index is -0.298. The van der Waals surface area contributed by atoms with Crippen LogP contribution in [0.5, 0.6) is 0 Å². The molecule has 10 rings (SSSR count). The molecule has 0 atom stereocenters.